The van der Waals surface area contributed by atoms with Gasteiger partial charge in [0, 0.05) is 30.4 Å². The predicted octanol–water partition coefficient (Wildman–Crippen LogP) is 2.14. The average Bonchev–Trinajstić information content (AvgIpc) is 3.09. The van der Waals surface area contributed by atoms with E-state index < -0.39 is 0 Å². The molecule has 2 saturated carbocycles. The van der Waals surface area contributed by atoms with Crippen LogP contribution in [-0.4, -0.2) is 27.0 Å². The van der Waals surface area contributed by atoms with E-state index in [9.17, 15) is 4.79 Å². The van der Waals surface area contributed by atoms with Crippen LogP contribution in [0.5, 0.6) is 0 Å². The number of imidazole rings is 1. The van der Waals surface area contributed by atoms with Gasteiger partial charge >= 0.3 is 0 Å². The number of nitrogens with zero attached hydrogens (tertiary/aromatic N) is 2. The Morgan fingerprint density at radius 3 is 2.81 bits per heavy atom. The summed E-state index contributed by atoms with van der Waals surface area (Å²) >= 11 is 0. The van der Waals surface area contributed by atoms with Crippen LogP contribution >= 0.6 is 0 Å². The summed E-state index contributed by atoms with van der Waals surface area (Å²) in [7, 11) is 0. The third-order valence-corrected chi connectivity index (χ3v) is 5.10. The molecule has 116 valence electrons. The molecule has 5 nitrogen and oxygen atoms in total. The molecule has 2 fully saturated rings. The van der Waals surface area contributed by atoms with Gasteiger partial charge in [0.15, 0.2) is 0 Å². The second-order valence-electron chi connectivity index (χ2n) is 6.78. The Hall–Kier alpha value is -1.36. The van der Waals surface area contributed by atoms with Gasteiger partial charge in [-0.05, 0) is 32.1 Å². The first-order valence-electron chi connectivity index (χ1n) is 8.22. The highest BCUT2D eigenvalue weighted by Gasteiger charge is 2.33. The summed E-state index contributed by atoms with van der Waals surface area (Å²) in [5.41, 5.74) is 6.12. The monoisotopic (exact) mass is 290 g/mol. The molecule has 0 aliphatic heterocycles. The summed E-state index contributed by atoms with van der Waals surface area (Å²) in [5.74, 6) is 0.122. The average molecular weight is 290 g/mol. The number of aromatic nitrogens is 2. The summed E-state index contributed by atoms with van der Waals surface area (Å²) in [6, 6.07) is 0.565. The fraction of sp³-hybridized carbons (Fsp3) is 0.750. The van der Waals surface area contributed by atoms with Gasteiger partial charge in [-0.2, -0.15) is 0 Å². The molecule has 1 heterocycles. The first-order chi connectivity index (χ1) is 10.2. The highest BCUT2D eigenvalue weighted by atomic mass is 16.1. The van der Waals surface area contributed by atoms with Crippen molar-refractivity contribution in [3.05, 3.63) is 18.7 Å². The van der Waals surface area contributed by atoms with Crippen molar-refractivity contribution >= 4 is 5.91 Å². The van der Waals surface area contributed by atoms with Gasteiger partial charge in [-0.25, -0.2) is 4.98 Å². The van der Waals surface area contributed by atoms with E-state index in [1.54, 1.807) is 6.20 Å². The molecule has 0 saturated heterocycles. The van der Waals surface area contributed by atoms with Crippen molar-refractivity contribution in [2.75, 3.05) is 0 Å². The predicted molar refractivity (Wildman–Crippen MR) is 81.7 cm³/mol. The molecule has 0 radical (unpaired) electrons. The standard InChI is InChI=1S/C16H26N4O/c17-16(7-2-1-3-8-16)11-15(21)19-13-5-4-6-14(13)20-10-9-18-12-20/h9-10,12-14H,1-8,11,17H2,(H,19,21). The van der Waals surface area contributed by atoms with Crippen molar-refractivity contribution in [3.8, 4) is 0 Å². The molecule has 2 unspecified atom stereocenters. The lowest BCUT2D eigenvalue weighted by molar-refractivity contribution is -0.123. The van der Waals surface area contributed by atoms with E-state index in [0.717, 1.165) is 44.9 Å². The Labute approximate surface area is 126 Å². The fourth-order valence-electron chi connectivity index (χ4n) is 3.94. The number of hydrogen-bond donors (Lipinski definition) is 2. The molecule has 1 amide bonds. The van der Waals surface area contributed by atoms with Crippen molar-refractivity contribution in [1.82, 2.24) is 14.9 Å². The van der Waals surface area contributed by atoms with Crippen LogP contribution in [0.2, 0.25) is 0 Å². The molecule has 3 rings (SSSR count). The van der Waals surface area contributed by atoms with Crippen molar-refractivity contribution in [2.45, 2.75) is 75.4 Å². The number of nitrogens with two attached hydrogens (primary N) is 1. The summed E-state index contributed by atoms with van der Waals surface area (Å²) in [5, 5.41) is 3.22. The minimum atomic E-state index is -0.272. The number of nitrogens with one attached hydrogen (secondary N) is 1. The number of rotatable bonds is 4. The molecular weight excluding hydrogens is 264 g/mol. The fourth-order valence-corrected chi connectivity index (χ4v) is 3.94. The molecule has 1 aromatic heterocycles. The number of amides is 1. The maximum absolute atomic E-state index is 12.4. The van der Waals surface area contributed by atoms with Crippen molar-refractivity contribution < 1.29 is 4.79 Å². The van der Waals surface area contributed by atoms with Gasteiger partial charge in [-0.3, -0.25) is 4.79 Å². The van der Waals surface area contributed by atoms with Crippen LogP contribution in [0.3, 0.4) is 0 Å². The molecular formula is C16H26N4O. The van der Waals surface area contributed by atoms with E-state index in [4.69, 9.17) is 5.73 Å². The minimum absolute atomic E-state index is 0.122. The zero-order chi connectivity index (χ0) is 14.7. The van der Waals surface area contributed by atoms with Crippen LogP contribution in [0, 0.1) is 0 Å². The quantitative estimate of drug-likeness (QED) is 0.892. The molecule has 5 heteroatoms. The molecule has 3 N–H and O–H groups in total. The number of carbonyl (C=O) groups is 1. The lowest BCUT2D eigenvalue weighted by Gasteiger charge is -2.33. The zero-order valence-corrected chi connectivity index (χ0v) is 12.6. The number of carbonyl (C=O) groups excluding carboxylic acids is 1. The van der Waals surface area contributed by atoms with Gasteiger partial charge in [0.1, 0.15) is 0 Å². The van der Waals surface area contributed by atoms with Crippen LogP contribution in [0.4, 0.5) is 0 Å². The van der Waals surface area contributed by atoms with Gasteiger partial charge in [0.25, 0.3) is 0 Å². The van der Waals surface area contributed by atoms with Crippen LogP contribution in [0.1, 0.15) is 63.8 Å². The van der Waals surface area contributed by atoms with Crippen LogP contribution in [0.25, 0.3) is 0 Å². The molecule has 0 bridgehead atoms. The first-order valence-corrected chi connectivity index (χ1v) is 8.22. The molecule has 0 spiro atoms. The van der Waals surface area contributed by atoms with E-state index in [1.165, 1.54) is 6.42 Å². The summed E-state index contributed by atoms with van der Waals surface area (Å²) in [4.78, 5) is 16.5. The van der Waals surface area contributed by atoms with Crippen molar-refractivity contribution in [3.63, 3.8) is 0 Å². The molecule has 2 atom stereocenters. The maximum Gasteiger partial charge on any atom is 0.222 e. The Morgan fingerprint density at radius 1 is 1.29 bits per heavy atom. The van der Waals surface area contributed by atoms with Gasteiger partial charge < -0.3 is 15.6 Å². The summed E-state index contributed by atoms with van der Waals surface area (Å²) in [6.07, 6.45) is 15.0. The molecule has 1 aromatic rings. The smallest absolute Gasteiger partial charge is 0.222 e. The van der Waals surface area contributed by atoms with Crippen LogP contribution in [0.15, 0.2) is 18.7 Å². The maximum atomic E-state index is 12.4. The molecule has 2 aliphatic carbocycles. The van der Waals surface area contributed by atoms with Crippen molar-refractivity contribution in [2.24, 2.45) is 5.73 Å². The third-order valence-electron chi connectivity index (χ3n) is 5.10. The Morgan fingerprint density at radius 2 is 2.10 bits per heavy atom. The molecule has 0 aromatic carbocycles. The lowest BCUT2D eigenvalue weighted by atomic mass is 9.80. The highest BCUT2D eigenvalue weighted by molar-refractivity contribution is 5.77. The lowest BCUT2D eigenvalue weighted by Crippen LogP contribution is -2.48. The highest BCUT2D eigenvalue weighted by Crippen LogP contribution is 2.31. The van der Waals surface area contributed by atoms with Gasteiger partial charge in [-0.1, -0.05) is 19.3 Å². The Kier molecular flexibility index (Phi) is 4.29. The SMILES string of the molecule is NC1(CC(=O)NC2CCCC2n2ccnc2)CCCCC1. The summed E-state index contributed by atoms with van der Waals surface area (Å²) < 4.78 is 2.12. The summed E-state index contributed by atoms with van der Waals surface area (Å²) in [6.45, 7) is 0. The van der Waals surface area contributed by atoms with Gasteiger partial charge in [0.2, 0.25) is 5.91 Å². The largest absolute Gasteiger partial charge is 0.351 e. The number of hydrogen-bond acceptors (Lipinski definition) is 3. The Balaban J connectivity index is 1.56. The van der Waals surface area contributed by atoms with Crippen LogP contribution in [-0.2, 0) is 4.79 Å². The molecule has 21 heavy (non-hydrogen) atoms. The van der Waals surface area contributed by atoms with Gasteiger partial charge in [0.05, 0.1) is 12.4 Å². The van der Waals surface area contributed by atoms with E-state index in [0.29, 0.717) is 12.5 Å². The van der Waals surface area contributed by atoms with Gasteiger partial charge in [-0.15, -0.1) is 0 Å². The topological polar surface area (TPSA) is 72.9 Å². The van der Waals surface area contributed by atoms with E-state index in [2.05, 4.69) is 14.9 Å². The normalized spacial score (nSPS) is 28.4. The van der Waals surface area contributed by atoms with E-state index in [1.807, 2.05) is 12.5 Å². The minimum Gasteiger partial charge on any atom is -0.351 e. The van der Waals surface area contributed by atoms with Crippen LogP contribution < -0.4 is 11.1 Å². The second kappa shape index (κ2) is 6.18. The zero-order valence-electron chi connectivity index (χ0n) is 12.6. The first kappa shape index (κ1) is 14.6. The third kappa shape index (κ3) is 3.46. The Bertz CT molecular complexity index is 465. The second-order valence-corrected chi connectivity index (χ2v) is 6.78. The van der Waals surface area contributed by atoms with Crippen molar-refractivity contribution in [1.29, 1.82) is 0 Å². The van der Waals surface area contributed by atoms with E-state index >= 15 is 0 Å². The molecule has 2 aliphatic rings. The van der Waals surface area contributed by atoms with E-state index in [-0.39, 0.29) is 17.5 Å².